The molecule has 5 heteroatoms. The average Bonchev–Trinajstić information content (AvgIpc) is 2.76. The van der Waals surface area contributed by atoms with E-state index in [1.807, 2.05) is 24.3 Å². The van der Waals surface area contributed by atoms with Gasteiger partial charge in [0.05, 0.1) is 6.04 Å². The zero-order chi connectivity index (χ0) is 13.8. The van der Waals surface area contributed by atoms with E-state index in [0.29, 0.717) is 5.92 Å². The Morgan fingerprint density at radius 3 is 2.63 bits per heavy atom. The van der Waals surface area contributed by atoms with E-state index in [-0.39, 0.29) is 6.04 Å². The summed E-state index contributed by atoms with van der Waals surface area (Å²) in [4.78, 5) is 0. The predicted molar refractivity (Wildman–Crippen MR) is 81.9 cm³/mol. The van der Waals surface area contributed by atoms with Crippen LogP contribution in [0, 0.1) is 5.92 Å². The van der Waals surface area contributed by atoms with Gasteiger partial charge in [0.25, 0.3) is 0 Å². The van der Waals surface area contributed by atoms with Crippen LogP contribution < -0.4 is 5.32 Å². The Kier molecular flexibility index (Phi) is 4.77. The molecule has 0 aliphatic carbocycles. The fourth-order valence-electron chi connectivity index (χ4n) is 1.83. The molecule has 102 valence electrons. The first-order valence-electron chi connectivity index (χ1n) is 6.39. The van der Waals surface area contributed by atoms with Crippen molar-refractivity contribution in [2.45, 2.75) is 33.2 Å². The van der Waals surface area contributed by atoms with Crippen LogP contribution in [-0.2, 0) is 6.42 Å². The molecule has 3 nitrogen and oxygen atoms in total. The lowest BCUT2D eigenvalue weighted by atomic mass is 10.1. The van der Waals surface area contributed by atoms with Gasteiger partial charge in [-0.15, -0.1) is 10.2 Å². The van der Waals surface area contributed by atoms with E-state index in [9.17, 15) is 0 Å². The van der Waals surface area contributed by atoms with Crippen LogP contribution in [0.3, 0.4) is 0 Å². The van der Waals surface area contributed by atoms with Crippen LogP contribution in [-0.4, -0.2) is 10.2 Å². The number of hydrogen-bond acceptors (Lipinski definition) is 4. The Hall–Kier alpha value is -1.13. The van der Waals surface area contributed by atoms with Gasteiger partial charge in [0, 0.05) is 11.4 Å². The largest absolute Gasteiger partial charge is 0.354 e. The quantitative estimate of drug-likeness (QED) is 0.878. The molecule has 0 saturated carbocycles. The third-order valence-electron chi connectivity index (χ3n) is 2.76. The molecular weight excluding hydrogens is 278 g/mol. The Morgan fingerprint density at radius 2 is 1.95 bits per heavy atom. The monoisotopic (exact) mass is 295 g/mol. The van der Waals surface area contributed by atoms with Crippen molar-refractivity contribution in [1.29, 1.82) is 0 Å². The summed E-state index contributed by atoms with van der Waals surface area (Å²) in [5.41, 5.74) is 1.07. The van der Waals surface area contributed by atoms with E-state index >= 15 is 0 Å². The van der Waals surface area contributed by atoms with E-state index in [4.69, 9.17) is 11.6 Å². The van der Waals surface area contributed by atoms with Gasteiger partial charge in [-0.2, -0.15) is 0 Å². The molecule has 1 heterocycles. The van der Waals surface area contributed by atoms with Gasteiger partial charge >= 0.3 is 0 Å². The third-order valence-corrected chi connectivity index (χ3v) is 3.98. The maximum Gasteiger partial charge on any atom is 0.206 e. The van der Waals surface area contributed by atoms with Crippen LogP contribution in [0.15, 0.2) is 24.3 Å². The molecule has 0 amide bonds. The smallest absolute Gasteiger partial charge is 0.206 e. The van der Waals surface area contributed by atoms with E-state index in [0.717, 1.165) is 27.1 Å². The highest BCUT2D eigenvalue weighted by Gasteiger charge is 2.12. The zero-order valence-electron chi connectivity index (χ0n) is 11.4. The molecule has 0 aliphatic heterocycles. The maximum absolute atomic E-state index is 6.19. The van der Waals surface area contributed by atoms with Crippen LogP contribution in [0.1, 0.15) is 37.4 Å². The number of aromatic nitrogens is 2. The fraction of sp³-hybridized carbons (Fsp3) is 0.429. The molecule has 0 bridgehead atoms. The van der Waals surface area contributed by atoms with Gasteiger partial charge < -0.3 is 5.32 Å². The molecule has 0 spiro atoms. The van der Waals surface area contributed by atoms with E-state index < -0.39 is 0 Å². The summed E-state index contributed by atoms with van der Waals surface area (Å²) >= 11 is 7.80. The van der Waals surface area contributed by atoms with Crippen molar-refractivity contribution < 1.29 is 0 Å². The van der Waals surface area contributed by atoms with E-state index in [1.165, 1.54) is 0 Å². The van der Waals surface area contributed by atoms with Crippen molar-refractivity contribution in [3.05, 3.63) is 39.9 Å². The van der Waals surface area contributed by atoms with Crippen molar-refractivity contribution in [2.24, 2.45) is 5.92 Å². The minimum Gasteiger partial charge on any atom is -0.354 e. The second-order valence-electron chi connectivity index (χ2n) is 4.99. The second kappa shape index (κ2) is 6.35. The third kappa shape index (κ3) is 3.91. The molecule has 1 atom stereocenters. The summed E-state index contributed by atoms with van der Waals surface area (Å²) in [5, 5.41) is 14.4. The molecule has 0 radical (unpaired) electrons. The molecule has 0 aliphatic rings. The van der Waals surface area contributed by atoms with Gasteiger partial charge in [-0.25, -0.2) is 0 Å². The van der Waals surface area contributed by atoms with Crippen LogP contribution in [0.5, 0.6) is 0 Å². The summed E-state index contributed by atoms with van der Waals surface area (Å²) in [7, 11) is 0. The van der Waals surface area contributed by atoms with Crippen LogP contribution in [0.4, 0.5) is 5.13 Å². The van der Waals surface area contributed by atoms with E-state index in [2.05, 4.69) is 36.3 Å². The molecular formula is C14H18ClN3S. The van der Waals surface area contributed by atoms with Gasteiger partial charge in [0.2, 0.25) is 5.13 Å². The van der Waals surface area contributed by atoms with E-state index in [1.54, 1.807) is 11.3 Å². The summed E-state index contributed by atoms with van der Waals surface area (Å²) in [5.74, 6) is 0.599. The number of nitrogens with one attached hydrogen (secondary N) is 1. The SMILES string of the molecule is CC(C)Cc1nnc(NC(C)c2ccccc2Cl)s1. The normalized spacial score (nSPS) is 12.7. The number of rotatable bonds is 5. The number of benzene rings is 1. The van der Waals surface area contributed by atoms with Gasteiger partial charge in [0.15, 0.2) is 0 Å². The zero-order valence-corrected chi connectivity index (χ0v) is 12.9. The molecule has 1 aromatic heterocycles. The van der Waals surface area contributed by atoms with Crippen molar-refractivity contribution in [1.82, 2.24) is 10.2 Å². The molecule has 1 N–H and O–H groups in total. The lowest BCUT2D eigenvalue weighted by Gasteiger charge is -2.14. The lowest BCUT2D eigenvalue weighted by molar-refractivity contribution is 0.640. The maximum atomic E-state index is 6.19. The standard InChI is InChI=1S/C14H18ClN3S/c1-9(2)8-13-17-18-14(19-13)16-10(3)11-6-4-5-7-12(11)15/h4-7,9-10H,8H2,1-3H3,(H,16,18). The molecule has 19 heavy (non-hydrogen) atoms. The topological polar surface area (TPSA) is 37.8 Å². The minimum atomic E-state index is 0.119. The summed E-state index contributed by atoms with van der Waals surface area (Å²) in [6.07, 6.45) is 0.972. The Morgan fingerprint density at radius 1 is 1.21 bits per heavy atom. The van der Waals surface area contributed by atoms with Gasteiger partial charge in [-0.05, 0) is 24.5 Å². The minimum absolute atomic E-state index is 0.119. The van der Waals surface area contributed by atoms with Gasteiger partial charge in [-0.3, -0.25) is 0 Å². The first-order valence-corrected chi connectivity index (χ1v) is 7.59. The van der Waals surface area contributed by atoms with Crippen molar-refractivity contribution in [2.75, 3.05) is 5.32 Å². The molecule has 1 unspecified atom stereocenters. The molecule has 2 rings (SSSR count). The lowest BCUT2D eigenvalue weighted by Crippen LogP contribution is -2.06. The molecule has 0 fully saturated rings. The second-order valence-corrected chi connectivity index (χ2v) is 6.46. The van der Waals surface area contributed by atoms with Crippen LogP contribution in [0.2, 0.25) is 5.02 Å². The van der Waals surface area contributed by atoms with Crippen molar-refractivity contribution >= 4 is 28.1 Å². The fourth-order valence-corrected chi connectivity index (χ4v) is 3.17. The molecule has 2 aromatic rings. The summed E-state index contributed by atoms with van der Waals surface area (Å²) < 4.78 is 0. The van der Waals surface area contributed by atoms with Crippen molar-refractivity contribution in [3.63, 3.8) is 0 Å². The number of nitrogens with zero attached hydrogens (tertiary/aromatic N) is 2. The van der Waals surface area contributed by atoms with Crippen LogP contribution in [0.25, 0.3) is 0 Å². The number of hydrogen-bond donors (Lipinski definition) is 1. The van der Waals surface area contributed by atoms with Crippen molar-refractivity contribution in [3.8, 4) is 0 Å². The van der Waals surface area contributed by atoms with Crippen LogP contribution >= 0.6 is 22.9 Å². The van der Waals surface area contributed by atoms with Gasteiger partial charge in [-0.1, -0.05) is 55.0 Å². The molecule has 1 aromatic carbocycles. The summed E-state index contributed by atoms with van der Waals surface area (Å²) in [6, 6.07) is 7.97. The first-order chi connectivity index (χ1) is 9.06. The number of anilines is 1. The highest BCUT2D eigenvalue weighted by atomic mass is 35.5. The number of halogens is 1. The highest BCUT2D eigenvalue weighted by molar-refractivity contribution is 7.15. The Balaban J connectivity index is 2.05. The predicted octanol–water partition coefficient (Wildman–Crippen LogP) is 4.56. The summed E-state index contributed by atoms with van der Waals surface area (Å²) in [6.45, 7) is 6.44. The Bertz CT molecular complexity index is 539. The highest BCUT2D eigenvalue weighted by Crippen LogP contribution is 2.27. The average molecular weight is 296 g/mol. The first kappa shape index (κ1) is 14.3. The van der Waals surface area contributed by atoms with Gasteiger partial charge in [0.1, 0.15) is 5.01 Å². The molecule has 0 saturated heterocycles. The Labute approximate surface area is 123 Å².